The molecule has 0 bridgehead atoms. The van der Waals surface area contributed by atoms with Crippen LogP contribution < -0.4 is 0 Å². The lowest BCUT2D eigenvalue weighted by atomic mass is 9.46. The minimum Gasteiger partial charge on any atom is -0.295 e. The Balaban J connectivity index is 1.70. The zero-order chi connectivity index (χ0) is 22.1. The van der Waals surface area contributed by atoms with Crippen LogP contribution >= 0.6 is 0 Å². The first-order chi connectivity index (χ1) is 14.0. The lowest BCUT2D eigenvalue weighted by Gasteiger charge is -2.60. The highest BCUT2D eigenvalue weighted by Gasteiger charge is 2.64. The first kappa shape index (κ1) is 22.2. The zero-order valence-electron chi connectivity index (χ0n) is 20.5. The molecule has 0 heterocycles. The molecule has 3 heteroatoms. The molecule has 0 aliphatic heterocycles. The third-order valence-electron chi connectivity index (χ3n) is 10.9. The van der Waals surface area contributed by atoms with Crippen LogP contribution in [0.3, 0.4) is 0 Å². The van der Waals surface area contributed by atoms with Gasteiger partial charge in [0.15, 0.2) is 5.78 Å². The van der Waals surface area contributed by atoms with Crippen molar-refractivity contribution in [2.24, 2.45) is 28.6 Å². The van der Waals surface area contributed by atoms with E-state index < -0.39 is 0 Å². The highest BCUT2D eigenvalue weighted by molar-refractivity contribution is 5.96. The number of carbonyl (C=O) groups excluding carboxylic acids is 2. The maximum Gasteiger partial charge on any atom is 0.302 e. The predicted octanol–water partition coefficient (Wildman–Crippen LogP) is 6.07. The van der Waals surface area contributed by atoms with Crippen LogP contribution in [-0.4, -0.2) is 34.8 Å². The van der Waals surface area contributed by atoms with Crippen LogP contribution in [0, 0.1) is 28.6 Å². The lowest BCUT2D eigenvalue weighted by Crippen LogP contribution is -2.67. The standard InChI is InChI=1S/C27H44NO2/c1-17(2)28(16-29,18(3)4)25-11-10-22-20-8-9-21-19(5)24(30)13-15-26(21,6)23(20)12-14-27(22,25)7/h16-18,20,22-23,25H,8-15H2,1-7H3/q+1/t20-,22-,23-,25-,26-,27-/m0/s1. The molecule has 0 radical (unpaired) electrons. The van der Waals surface area contributed by atoms with Gasteiger partial charge in [0.05, 0.1) is 12.1 Å². The molecule has 0 aromatic heterocycles. The van der Waals surface area contributed by atoms with E-state index in [4.69, 9.17) is 0 Å². The molecule has 4 rings (SSSR count). The molecule has 1 amide bonds. The molecular formula is C27H44NO2+. The van der Waals surface area contributed by atoms with E-state index in [2.05, 4.69) is 48.5 Å². The number of rotatable bonds is 4. The molecule has 0 aromatic rings. The van der Waals surface area contributed by atoms with E-state index >= 15 is 0 Å². The van der Waals surface area contributed by atoms with Crippen molar-refractivity contribution in [3.63, 3.8) is 0 Å². The largest absolute Gasteiger partial charge is 0.302 e. The van der Waals surface area contributed by atoms with Crippen molar-refractivity contribution in [2.45, 2.75) is 118 Å². The fourth-order valence-electron chi connectivity index (χ4n) is 9.32. The molecule has 4 aliphatic rings. The summed E-state index contributed by atoms with van der Waals surface area (Å²) in [6.45, 7) is 16.1. The van der Waals surface area contributed by atoms with Crippen molar-refractivity contribution in [2.75, 3.05) is 0 Å². The van der Waals surface area contributed by atoms with Crippen LogP contribution in [0.2, 0.25) is 0 Å². The van der Waals surface area contributed by atoms with E-state index in [9.17, 15) is 9.59 Å². The number of hydrogen-bond acceptors (Lipinski definition) is 2. The maximum absolute atomic E-state index is 12.6. The topological polar surface area (TPSA) is 34.1 Å². The van der Waals surface area contributed by atoms with E-state index in [1.54, 1.807) is 0 Å². The Bertz CT molecular complexity index is 757. The second-order valence-electron chi connectivity index (χ2n) is 12.2. The monoisotopic (exact) mass is 414 g/mol. The molecule has 168 valence electrons. The van der Waals surface area contributed by atoms with Gasteiger partial charge >= 0.3 is 6.41 Å². The van der Waals surface area contributed by atoms with E-state index in [1.165, 1.54) is 44.1 Å². The number of ketones is 1. The van der Waals surface area contributed by atoms with Gasteiger partial charge in [0.2, 0.25) is 0 Å². The zero-order valence-corrected chi connectivity index (χ0v) is 20.5. The first-order valence-corrected chi connectivity index (χ1v) is 12.6. The van der Waals surface area contributed by atoms with Gasteiger partial charge in [-0.05, 0) is 102 Å². The Morgan fingerprint density at radius 1 is 0.933 bits per heavy atom. The Labute approximate surface area is 184 Å². The number of nitrogens with zero attached hydrogens (tertiary/aromatic N) is 1. The van der Waals surface area contributed by atoms with Gasteiger partial charge in [-0.2, -0.15) is 0 Å². The van der Waals surface area contributed by atoms with E-state index in [-0.39, 0.29) is 10.8 Å². The number of amides is 1. The van der Waals surface area contributed by atoms with Gasteiger partial charge < -0.3 is 0 Å². The summed E-state index contributed by atoms with van der Waals surface area (Å²) >= 11 is 0. The SMILES string of the molecule is CC1=C2CC[C@H]3[C@@H]4CC[C@H]([N+](C=O)(C(C)C)C(C)C)[C@@]4(C)CC[C@@H]3[C@@]2(C)CCC1=O. The van der Waals surface area contributed by atoms with E-state index in [0.717, 1.165) is 42.6 Å². The smallest absolute Gasteiger partial charge is 0.295 e. The second-order valence-corrected chi connectivity index (χ2v) is 12.2. The highest BCUT2D eigenvalue weighted by Crippen LogP contribution is 2.67. The minimum atomic E-state index is 0.229. The Hall–Kier alpha value is -0.960. The average Bonchev–Trinajstić information content (AvgIpc) is 3.03. The first-order valence-electron chi connectivity index (χ1n) is 12.6. The number of fused-ring (bicyclic) bond motifs is 5. The summed E-state index contributed by atoms with van der Waals surface area (Å²) in [7, 11) is 0. The van der Waals surface area contributed by atoms with Crippen LogP contribution in [-0.2, 0) is 9.59 Å². The predicted molar refractivity (Wildman–Crippen MR) is 122 cm³/mol. The molecule has 0 unspecified atom stereocenters. The van der Waals surface area contributed by atoms with Gasteiger partial charge in [0, 0.05) is 18.3 Å². The molecule has 4 aliphatic carbocycles. The number of hydrogen-bond donors (Lipinski definition) is 0. The molecule has 0 N–H and O–H groups in total. The van der Waals surface area contributed by atoms with Crippen LogP contribution in [0.5, 0.6) is 0 Å². The quantitative estimate of drug-likeness (QED) is 0.413. The number of quaternary nitrogens is 1. The van der Waals surface area contributed by atoms with Crippen molar-refractivity contribution in [1.29, 1.82) is 0 Å². The van der Waals surface area contributed by atoms with E-state index in [1.807, 2.05) is 0 Å². The summed E-state index contributed by atoms with van der Waals surface area (Å²) in [4.78, 5) is 25.0. The second kappa shape index (κ2) is 7.29. The summed E-state index contributed by atoms with van der Waals surface area (Å²) in [5.74, 6) is 2.60. The lowest BCUT2D eigenvalue weighted by molar-refractivity contribution is -0.918. The number of allylic oxidation sites excluding steroid dienone is 1. The summed E-state index contributed by atoms with van der Waals surface area (Å²) in [6, 6.07) is 1.10. The van der Waals surface area contributed by atoms with Crippen molar-refractivity contribution < 1.29 is 14.1 Å². The summed E-state index contributed by atoms with van der Waals surface area (Å²) in [5.41, 5.74) is 3.08. The molecule has 0 spiro atoms. The third kappa shape index (κ3) is 2.72. The van der Waals surface area contributed by atoms with Crippen molar-refractivity contribution in [3.05, 3.63) is 11.1 Å². The van der Waals surface area contributed by atoms with Gasteiger partial charge in [-0.15, -0.1) is 0 Å². The Morgan fingerprint density at radius 3 is 2.20 bits per heavy atom. The molecule has 30 heavy (non-hydrogen) atoms. The fourth-order valence-corrected chi connectivity index (χ4v) is 9.32. The fraction of sp³-hybridized carbons (Fsp3) is 0.852. The average molecular weight is 415 g/mol. The van der Waals surface area contributed by atoms with Gasteiger partial charge in [0.25, 0.3) is 0 Å². The summed E-state index contributed by atoms with van der Waals surface area (Å²) < 4.78 is 0.625. The number of Topliss-reactive ketones (excluding diaryl/α,β-unsaturated/α-hetero) is 1. The molecule has 6 atom stereocenters. The molecule has 0 aromatic carbocycles. The Kier molecular flexibility index (Phi) is 5.40. The molecule has 0 saturated heterocycles. The maximum atomic E-state index is 12.6. The van der Waals surface area contributed by atoms with Crippen LogP contribution in [0.25, 0.3) is 0 Å². The summed E-state index contributed by atoms with van der Waals surface area (Å²) in [6.07, 6.45) is 10.5. The van der Waals surface area contributed by atoms with E-state index in [0.29, 0.717) is 28.4 Å². The highest BCUT2D eigenvalue weighted by atomic mass is 16.1. The number of carbonyl (C=O) groups is 2. The van der Waals surface area contributed by atoms with Gasteiger partial charge in [-0.25, -0.2) is 4.79 Å². The molecule has 3 saturated carbocycles. The summed E-state index contributed by atoms with van der Waals surface area (Å²) in [5, 5.41) is 0. The van der Waals surface area contributed by atoms with Crippen molar-refractivity contribution in [3.8, 4) is 0 Å². The van der Waals surface area contributed by atoms with Gasteiger partial charge in [0.1, 0.15) is 6.04 Å². The van der Waals surface area contributed by atoms with Gasteiger partial charge in [-0.1, -0.05) is 19.4 Å². The van der Waals surface area contributed by atoms with Crippen molar-refractivity contribution >= 4 is 12.2 Å². The molecule has 3 fully saturated rings. The van der Waals surface area contributed by atoms with Crippen LogP contribution in [0.1, 0.15) is 99.8 Å². The normalized spacial score (nSPS) is 41.7. The Morgan fingerprint density at radius 2 is 1.60 bits per heavy atom. The molecule has 3 nitrogen and oxygen atoms in total. The third-order valence-corrected chi connectivity index (χ3v) is 10.9. The van der Waals surface area contributed by atoms with Gasteiger partial charge in [-0.3, -0.25) is 9.28 Å². The minimum absolute atomic E-state index is 0.229. The van der Waals surface area contributed by atoms with Crippen LogP contribution in [0.15, 0.2) is 11.1 Å². The van der Waals surface area contributed by atoms with Crippen LogP contribution in [0.4, 0.5) is 0 Å². The molecular weight excluding hydrogens is 370 g/mol. The van der Waals surface area contributed by atoms with Crippen molar-refractivity contribution in [1.82, 2.24) is 0 Å².